The summed E-state index contributed by atoms with van der Waals surface area (Å²) in [5.74, 6) is 0.325. The molecule has 1 saturated heterocycles. The number of nitrogens with zero attached hydrogens (tertiary/aromatic N) is 2. The predicted molar refractivity (Wildman–Crippen MR) is 122 cm³/mol. The fraction of sp³-hybridized carbons (Fsp3) is 0.375. The average molecular weight is 423 g/mol. The van der Waals surface area contributed by atoms with Gasteiger partial charge in [0.05, 0.1) is 6.54 Å². The van der Waals surface area contributed by atoms with Gasteiger partial charge < -0.3 is 20.4 Å². The first-order chi connectivity index (χ1) is 14.8. The van der Waals surface area contributed by atoms with Gasteiger partial charge in [0.25, 0.3) is 11.8 Å². The van der Waals surface area contributed by atoms with E-state index in [4.69, 9.17) is 0 Å². The smallest absolute Gasteiger partial charge is 0.253 e. The number of benzene rings is 2. The number of anilines is 2. The second-order valence-electron chi connectivity index (χ2n) is 8.24. The Labute approximate surface area is 183 Å². The van der Waals surface area contributed by atoms with Crippen LogP contribution in [0, 0.1) is 5.92 Å². The Morgan fingerprint density at radius 2 is 1.58 bits per heavy atom. The molecule has 1 aliphatic heterocycles. The summed E-state index contributed by atoms with van der Waals surface area (Å²) in [7, 11) is 3.39. The van der Waals surface area contributed by atoms with E-state index in [1.165, 1.54) is 4.90 Å². The topological polar surface area (TPSA) is 81.8 Å². The van der Waals surface area contributed by atoms with Crippen LogP contribution in [0.1, 0.15) is 40.5 Å². The predicted octanol–water partition coefficient (Wildman–Crippen LogP) is 3.31. The van der Waals surface area contributed by atoms with Crippen LogP contribution in [0.2, 0.25) is 0 Å². The van der Waals surface area contributed by atoms with Crippen molar-refractivity contribution in [3.63, 3.8) is 0 Å². The van der Waals surface area contributed by atoms with Gasteiger partial charge in [-0.1, -0.05) is 19.1 Å². The van der Waals surface area contributed by atoms with Crippen LogP contribution in [0.25, 0.3) is 0 Å². The molecular formula is C24H30N4O3. The molecule has 1 fully saturated rings. The third-order valence-corrected chi connectivity index (χ3v) is 5.43. The third-order valence-electron chi connectivity index (χ3n) is 5.43. The van der Waals surface area contributed by atoms with Crippen molar-refractivity contribution in [2.75, 3.05) is 44.4 Å². The van der Waals surface area contributed by atoms with Crippen molar-refractivity contribution >= 4 is 29.1 Å². The van der Waals surface area contributed by atoms with Crippen molar-refractivity contribution in [1.29, 1.82) is 0 Å². The SMILES string of the molecule is CC1CCN(C(=O)c2cccc(NC(=O)CNc3cccc(C(=O)N(C)C)c3)c2)CC1. The van der Waals surface area contributed by atoms with Gasteiger partial charge in [0.15, 0.2) is 0 Å². The zero-order valence-electron chi connectivity index (χ0n) is 18.4. The maximum absolute atomic E-state index is 12.8. The fourth-order valence-electron chi connectivity index (χ4n) is 3.53. The zero-order chi connectivity index (χ0) is 22.4. The van der Waals surface area contributed by atoms with Crippen LogP contribution in [-0.2, 0) is 4.79 Å². The van der Waals surface area contributed by atoms with Gasteiger partial charge in [-0.3, -0.25) is 14.4 Å². The molecule has 0 radical (unpaired) electrons. The number of nitrogens with one attached hydrogen (secondary N) is 2. The van der Waals surface area contributed by atoms with Gasteiger partial charge in [-0.15, -0.1) is 0 Å². The molecule has 164 valence electrons. The molecule has 2 aromatic carbocycles. The number of carbonyl (C=O) groups excluding carboxylic acids is 3. The Bertz CT molecular complexity index is 949. The van der Waals surface area contributed by atoms with Crippen LogP contribution in [0.4, 0.5) is 11.4 Å². The van der Waals surface area contributed by atoms with Gasteiger partial charge in [0.1, 0.15) is 0 Å². The highest BCUT2D eigenvalue weighted by atomic mass is 16.2. The van der Waals surface area contributed by atoms with E-state index < -0.39 is 0 Å². The van der Waals surface area contributed by atoms with Crippen LogP contribution in [-0.4, -0.2) is 61.3 Å². The highest BCUT2D eigenvalue weighted by Crippen LogP contribution is 2.20. The van der Waals surface area contributed by atoms with Gasteiger partial charge >= 0.3 is 0 Å². The Kier molecular flexibility index (Phi) is 7.28. The Morgan fingerprint density at radius 1 is 0.968 bits per heavy atom. The molecule has 7 nitrogen and oxygen atoms in total. The molecule has 31 heavy (non-hydrogen) atoms. The first-order valence-corrected chi connectivity index (χ1v) is 10.6. The van der Waals surface area contributed by atoms with Crippen molar-refractivity contribution in [3.8, 4) is 0 Å². The Morgan fingerprint density at radius 3 is 2.26 bits per heavy atom. The van der Waals surface area contributed by atoms with E-state index in [0.717, 1.165) is 25.9 Å². The summed E-state index contributed by atoms with van der Waals surface area (Å²) < 4.78 is 0. The van der Waals surface area contributed by atoms with Crippen LogP contribution in [0.15, 0.2) is 48.5 Å². The quantitative estimate of drug-likeness (QED) is 0.748. The summed E-state index contributed by atoms with van der Waals surface area (Å²) in [4.78, 5) is 40.6. The standard InChI is InChI=1S/C24H30N4O3/c1-17-10-12-28(13-11-17)24(31)19-7-5-9-21(15-19)26-22(29)16-25-20-8-4-6-18(14-20)23(30)27(2)3/h4-9,14-15,17,25H,10-13,16H2,1-3H3,(H,26,29). The second kappa shape index (κ2) is 10.1. The number of amides is 3. The molecular weight excluding hydrogens is 392 g/mol. The summed E-state index contributed by atoms with van der Waals surface area (Å²) in [6.07, 6.45) is 2.05. The van der Waals surface area contributed by atoms with Gasteiger partial charge in [-0.2, -0.15) is 0 Å². The molecule has 1 heterocycles. The normalized spacial score (nSPS) is 14.1. The first-order valence-electron chi connectivity index (χ1n) is 10.6. The minimum Gasteiger partial charge on any atom is -0.376 e. The third kappa shape index (κ3) is 6.07. The molecule has 0 saturated carbocycles. The van der Waals surface area contributed by atoms with E-state index in [1.807, 2.05) is 4.90 Å². The van der Waals surface area contributed by atoms with Gasteiger partial charge in [-0.25, -0.2) is 0 Å². The summed E-state index contributed by atoms with van der Waals surface area (Å²) in [5.41, 5.74) is 2.40. The van der Waals surface area contributed by atoms with Crippen LogP contribution < -0.4 is 10.6 Å². The molecule has 7 heteroatoms. The number of carbonyl (C=O) groups is 3. The molecule has 3 rings (SSSR count). The number of piperidine rings is 1. The Balaban J connectivity index is 1.56. The van der Waals surface area contributed by atoms with Crippen molar-refractivity contribution in [3.05, 3.63) is 59.7 Å². The molecule has 3 amide bonds. The molecule has 2 aromatic rings. The lowest BCUT2D eigenvalue weighted by Crippen LogP contribution is -2.37. The lowest BCUT2D eigenvalue weighted by Gasteiger charge is -2.30. The monoisotopic (exact) mass is 422 g/mol. The summed E-state index contributed by atoms with van der Waals surface area (Å²) >= 11 is 0. The lowest BCUT2D eigenvalue weighted by molar-refractivity contribution is -0.114. The van der Waals surface area contributed by atoms with Crippen molar-refractivity contribution < 1.29 is 14.4 Å². The molecule has 0 aromatic heterocycles. The summed E-state index contributed by atoms with van der Waals surface area (Å²) in [6.45, 7) is 3.80. The molecule has 0 unspecified atom stereocenters. The molecule has 0 aliphatic carbocycles. The minimum atomic E-state index is -0.235. The molecule has 0 spiro atoms. The van der Waals surface area contributed by atoms with E-state index in [-0.39, 0.29) is 24.3 Å². The van der Waals surface area contributed by atoms with Crippen molar-refractivity contribution in [2.24, 2.45) is 5.92 Å². The first kappa shape index (κ1) is 22.3. The minimum absolute atomic E-state index is 0.00324. The highest BCUT2D eigenvalue weighted by molar-refractivity contribution is 5.98. The molecule has 0 atom stereocenters. The number of hydrogen-bond donors (Lipinski definition) is 2. The Hall–Kier alpha value is -3.35. The largest absolute Gasteiger partial charge is 0.376 e. The zero-order valence-corrected chi connectivity index (χ0v) is 18.4. The van der Waals surface area contributed by atoms with Gasteiger partial charge in [-0.05, 0) is 55.2 Å². The highest BCUT2D eigenvalue weighted by Gasteiger charge is 2.21. The average Bonchev–Trinajstić information content (AvgIpc) is 2.77. The molecule has 2 N–H and O–H groups in total. The number of hydrogen-bond acceptors (Lipinski definition) is 4. The van der Waals surface area contributed by atoms with Gasteiger partial charge in [0.2, 0.25) is 5.91 Å². The van der Waals surface area contributed by atoms with E-state index in [2.05, 4.69) is 17.6 Å². The van der Waals surface area contributed by atoms with Crippen LogP contribution in [0.3, 0.4) is 0 Å². The lowest BCUT2D eigenvalue weighted by atomic mass is 9.98. The molecule has 0 bridgehead atoms. The maximum Gasteiger partial charge on any atom is 0.253 e. The van der Waals surface area contributed by atoms with Crippen LogP contribution in [0.5, 0.6) is 0 Å². The van der Waals surface area contributed by atoms with E-state index in [9.17, 15) is 14.4 Å². The maximum atomic E-state index is 12.8. The number of rotatable bonds is 6. The summed E-state index contributed by atoms with van der Waals surface area (Å²) in [5, 5.41) is 5.86. The van der Waals surface area contributed by atoms with Crippen molar-refractivity contribution in [1.82, 2.24) is 9.80 Å². The van der Waals surface area contributed by atoms with E-state index in [1.54, 1.807) is 62.6 Å². The van der Waals surface area contributed by atoms with Gasteiger partial charge in [0, 0.05) is 49.7 Å². The van der Waals surface area contributed by atoms with Crippen molar-refractivity contribution in [2.45, 2.75) is 19.8 Å². The fourth-order valence-corrected chi connectivity index (χ4v) is 3.53. The summed E-state index contributed by atoms with van der Waals surface area (Å²) in [6, 6.07) is 14.1. The van der Waals surface area contributed by atoms with E-state index in [0.29, 0.717) is 28.4 Å². The van der Waals surface area contributed by atoms with E-state index >= 15 is 0 Å². The second-order valence-corrected chi connectivity index (χ2v) is 8.24. The molecule has 1 aliphatic rings. The number of likely N-dealkylation sites (tertiary alicyclic amines) is 1. The van der Waals surface area contributed by atoms with Crippen LogP contribution >= 0.6 is 0 Å².